The Balaban J connectivity index is 0. The van der Waals surface area contributed by atoms with Crippen molar-refractivity contribution in [3.8, 4) is 0 Å². The molecule has 2 heterocycles. The van der Waals surface area contributed by atoms with Gasteiger partial charge in [-0.2, -0.15) is 0 Å². The Hall–Kier alpha value is -2.80. The maximum atomic E-state index is 10.0. The average Bonchev–Trinajstić information content (AvgIpc) is 2.57. The molecule has 0 aliphatic carbocycles. The summed E-state index contributed by atoms with van der Waals surface area (Å²) in [7, 11) is 0. The van der Waals surface area contributed by atoms with Crippen LogP contribution in [0, 0.1) is 0 Å². The van der Waals surface area contributed by atoms with E-state index in [4.69, 9.17) is 9.90 Å². The van der Waals surface area contributed by atoms with Crippen LogP contribution in [0.1, 0.15) is 20.7 Å². The van der Waals surface area contributed by atoms with Crippen LogP contribution in [0.25, 0.3) is 0 Å². The molecule has 0 saturated carbocycles. The van der Waals surface area contributed by atoms with Gasteiger partial charge < -0.3 is 35.4 Å². The van der Waals surface area contributed by atoms with Crippen LogP contribution in [0.4, 0.5) is 0 Å². The first-order valence-electron chi connectivity index (χ1n) is 6.01. The summed E-state index contributed by atoms with van der Waals surface area (Å²) in [4.78, 5) is 36.4. The van der Waals surface area contributed by atoms with E-state index in [-0.39, 0.29) is 35.0 Å². The Morgan fingerprint density at radius 3 is 1.33 bits per heavy atom. The van der Waals surface area contributed by atoms with Gasteiger partial charge in [0.05, 0.1) is 17.9 Å². The second-order valence-electron chi connectivity index (χ2n) is 3.63. The fourth-order valence-electron chi connectivity index (χ4n) is 0.967. The van der Waals surface area contributed by atoms with Crippen molar-refractivity contribution in [1.29, 1.82) is 0 Å². The Morgan fingerprint density at radius 1 is 0.875 bits per heavy atom. The Morgan fingerprint density at radius 2 is 1.21 bits per heavy atom. The number of aromatic carboxylic acids is 2. The molecule has 0 aromatic carbocycles. The Kier molecular flexibility index (Phi) is 13.5. The molecule has 9 nitrogen and oxygen atoms in total. The molecule has 0 unspecified atom stereocenters. The SMILES string of the molecule is NCC(=O)[O-].O=C([O-])c1cccnc1.O=C([O-])c1cccnc1.[Cr+3]. The van der Waals surface area contributed by atoms with Gasteiger partial charge in [0.15, 0.2) is 0 Å². The first-order chi connectivity index (χ1) is 10.9. The van der Waals surface area contributed by atoms with Gasteiger partial charge in [-0.25, -0.2) is 0 Å². The number of hydrogen-bond acceptors (Lipinski definition) is 9. The minimum absolute atomic E-state index is 0. The van der Waals surface area contributed by atoms with Gasteiger partial charge in [0, 0.05) is 42.5 Å². The number of pyridine rings is 2. The molecule has 0 amide bonds. The molecule has 2 aromatic rings. The number of aromatic nitrogens is 2. The van der Waals surface area contributed by atoms with Gasteiger partial charge in [-0.05, 0) is 12.1 Å². The fourth-order valence-corrected chi connectivity index (χ4v) is 0.967. The summed E-state index contributed by atoms with van der Waals surface area (Å²) in [5.41, 5.74) is 4.73. The van der Waals surface area contributed by atoms with Crippen LogP contribution in [0.15, 0.2) is 49.1 Å². The van der Waals surface area contributed by atoms with Gasteiger partial charge in [0.1, 0.15) is 0 Å². The third-order valence-electron chi connectivity index (χ3n) is 1.96. The minimum Gasteiger partial charge on any atom is -0.549 e. The summed E-state index contributed by atoms with van der Waals surface area (Å²) in [6.45, 7) is -0.389. The monoisotopic (exact) mass is 370 g/mol. The molecular weight excluding hydrogens is 358 g/mol. The van der Waals surface area contributed by atoms with Gasteiger partial charge in [-0.3, -0.25) is 9.97 Å². The van der Waals surface area contributed by atoms with Crippen molar-refractivity contribution in [3.63, 3.8) is 0 Å². The Bertz CT molecular complexity index is 575. The van der Waals surface area contributed by atoms with Crippen LogP contribution in [-0.4, -0.2) is 34.4 Å². The van der Waals surface area contributed by atoms with E-state index in [1.165, 1.54) is 36.9 Å². The maximum absolute atomic E-state index is 10.0. The first kappa shape index (κ1) is 23.5. The van der Waals surface area contributed by atoms with Crippen LogP contribution in [-0.2, 0) is 22.2 Å². The van der Waals surface area contributed by atoms with Crippen LogP contribution < -0.4 is 21.1 Å². The van der Waals surface area contributed by atoms with Crippen molar-refractivity contribution in [1.82, 2.24) is 9.97 Å². The van der Waals surface area contributed by atoms with Crippen molar-refractivity contribution in [2.24, 2.45) is 5.73 Å². The largest absolute Gasteiger partial charge is 3.00 e. The van der Waals surface area contributed by atoms with Crippen LogP contribution in [0.2, 0.25) is 0 Å². The number of carbonyl (C=O) groups excluding carboxylic acids is 3. The zero-order valence-electron chi connectivity index (χ0n) is 12.2. The van der Waals surface area contributed by atoms with E-state index in [1.54, 1.807) is 12.1 Å². The number of hydrogen-bond donors (Lipinski definition) is 1. The quantitative estimate of drug-likeness (QED) is 0.577. The molecular formula is C14H12CrN3O6. The van der Waals surface area contributed by atoms with Crippen molar-refractivity contribution in [2.45, 2.75) is 0 Å². The van der Waals surface area contributed by atoms with Crippen molar-refractivity contribution in [2.75, 3.05) is 6.54 Å². The molecule has 2 aromatic heterocycles. The second kappa shape index (κ2) is 13.8. The van der Waals surface area contributed by atoms with Gasteiger partial charge in [0.25, 0.3) is 0 Å². The second-order valence-corrected chi connectivity index (χ2v) is 3.63. The third kappa shape index (κ3) is 11.8. The first-order valence-corrected chi connectivity index (χ1v) is 6.01. The van der Waals surface area contributed by atoms with E-state index >= 15 is 0 Å². The van der Waals surface area contributed by atoms with E-state index < -0.39 is 17.9 Å². The Labute approximate surface area is 147 Å². The molecule has 0 atom stereocenters. The number of carboxylic acid groups (broad SMARTS) is 3. The van der Waals surface area contributed by atoms with E-state index in [0.717, 1.165) is 0 Å². The van der Waals surface area contributed by atoms with Crippen LogP contribution >= 0.6 is 0 Å². The molecule has 2 rings (SSSR count). The molecule has 10 heteroatoms. The molecule has 0 spiro atoms. The number of carboxylic acids is 3. The number of nitrogens with two attached hydrogens (primary N) is 1. The van der Waals surface area contributed by atoms with E-state index in [1.807, 2.05) is 0 Å². The number of carbonyl (C=O) groups is 3. The summed E-state index contributed by atoms with van der Waals surface area (Å²) in [6, 6.07) is 5.96. The van der Waals surface area contributed by atoms with Gasteiger partial charge in [-0.1, -0.05) is 12.1 Å². The van der Waals surface area contributed by atoms with Crippen LogP contribution in [0.5, 0.6) is 0 Å². The summed E-state index contributed by atoms with van der Waals surface area (Å²) in [5, 5.41) is 29.2. The van der Waals surface area contributed by atoms with E-state index in [9.17, 15) is 19.8 Å². The molecule has 0 aliphatic heterocycles. The zero-order chi connectivity index (χ0) is 17.7. The number of aliphatic carboxylic acids is 1. The molecule has 0 bridgehead atoms. The molecule has 2 N–H and O–H groups in total. The molecule has 1 radical (unpaired) electrons. The summed E-state index contributed by atoms with van der Waals surface area (Å²) < 4.78 is 0. The minimum atomic E-state index is -1.22. The fraction of sp³-hybridized carbons (Fsp3) is 0.0714. The maximum Gasteiger partial charge on any atom is 3.00 e. The third-order valence-corrected chi connectivity index (χ3v) is 1.96. The smallest absolute Gasteiger partial charge is 0.549 e. The predicted molar refractivity (Wildman–Crippen MR) is 71.2 cm³/mol. The van der Waals surface area contributed by atoms with Gasteiger partial charge in [0.2, 0.25) is 0 Å². The van der Waals surface area contributed by atoms with E-state index in [0.29, 0.717) is 0 Å². The predicted octanol–water partition coefficient (Wildman–Crippen LogP) is -3.42. The van der Waals surface area contributed by atoms with Crippen LogP contribution in [0.3, 0.4) is 0 Å². The molecule has 24 heavy (non-hydrogen) atoms. The summed E-state index contributed by atoms with van der Waals surface area (Å²) in [6.07, 6.45) is 5.50. The van der Waals surface area contributed by atoms with E-state index in [2.05, 4.69) is 15.7 Å². The molecule has 0 aliphatic rings. The number of rotatable bonds is 3. The number of nitrogens with zero attached hydrogens (tertiary/aromatic N) is 2. The molecule has 0 fully saturated rings. The van der Waals surface area contributed by atoms with Gasteiger partial charge in [-0.15, -0.1) is 0 Å². The zero-order valence-corrected chi connectivity index (χ0v) is 13.4. The van der Waals surface area contributed by atoms with Crippen molar-refractivity contribution in [3.05, 3.63) is 60.2 Å². The van der Waals surface area contributed by atoms with Gasteiger partial charge >= 0.3 is 17.4 Å². The normalized spacial score (nSPS) is 8.21. The molecule has 125 valence electrons. The van der Waals surface area contributed by atoms with Crippen molar-refractivity contribution < 1.29 is 47.1 Å². The summed E-state index contributed by atoms with van der Waals surface area (Å²) >= 11 is 0. The summed E-state index contributed by atoms with van der Waals surface area (Å²) in [5.74, 6) is -3.60. The van der Waals surface area contributed by atoms with Crippen molar-refractivity contribution >= 4 is 17.9 Å². The standard InChI is InChI=1S/2C6H5NO2.C2H5NO2.Cr/c2*8-6(9)5-2-1-3-7-4-5;3-1-2(4)5;/h2*1-4H,(H,8,9);1,3H2,(H,4,5);/q;;;+3/p-3. The molecule has 0 saturated heterocycles. The average molecular weight is 370 g/mol. The topological polar surface area (TPSA) is 172 Å².